The Balaban J connectivity index is 2.44. The zero-order valence-electron chi connectivity index (χ0n) is 9.63. The Kier molecular flexibility index (Phi) is 3.80. The van der Waals surface area contributed by atoms with Crippen LogP contribution in [0.4, 0.5) is 0 Å². The first-order chi connectivity index (χ1) is 8.04. The van der Waals surface area contributed by atoms with E-state index < -0.39 is 0 Å². The Labute approximate surface area is 110 Å². The summed E-state index contributed by atoms with van der Waals surface area (Å²) in [6.07, 6.45) is 0. The molecular formula is C11H15Cl2N3O. The third-order valence-corrected chi connectivity index (χ3v) is 3.50. The summed E-state index contributed by atoms with van der Waals surface area (Å²) in [6, 6.07) is 3.50. The lowest BCUT2D eigenvalue weighted by Gasteiger charge is -2.20. The van der Waals surface area contributed by atoms with Gasteiger partial charge in [0.25, 0.3) is 0 Å². The Hall–Kier alpha value is -0.520. The quantitative estimate of drug-likeness (QED) is 0.771. The van der Waals surface area contributed by atoms with Crippen LogP contribution in [0.15, 0.2) is 12.1 Å². The van der Waals surface area contributed by atoms with E-state index in [2.05, 4.69) is 10.9 Å². The van der Waals surface area contributed by atoms with Gasteiger partial charge in [0, 0.05) is 22.7 Å². The number of hydrogen-bond donors (Lipinski definition) is 3. The monoisotopic (exact) mass is 275 g/mol. The van der Waals surface area contributed by atoms with Gasteiger partial charge in [-0.25, -0.2) is 5.43 Å². The lowest BCUT2D eigenvalue weighted by molar-refractivity contribution is 0.399. The summed E-state index contributed by atoms with van der Waals surface area (Å²) >= 11 is 12.1. The van der Waals surface area contributed by atoms with Crippen LogP contribution in [0.3, 0.4) is 0 Å². The highest BCUT2D eigenvalue weighted by atomic mass is 35.5. The number of methoxy groups -OCH3 is 1. The first-order valence-corrected chi connectivity index (χ1v) is 6.09. The van der Waals surface area contributed by atoms with Crippen molar-refractivity contribution in [2.75, 3.05) is 7.11 Å². The third kappa shape index (κ3) is 2.37. The molecule has 4 nitrogen and oxygen atoms in total. The summed E-state index contributed by atoms with van der Waals surface area (Å²) in [6.45, 7) is 2.01. The molecule has 3 atom stereocenters. The van der Waals surface area contributed by atoms with Crippen molar-refractivity contribution in [3.8, 4) is 5.75 Å². The first kappa shape index (κ1) is 12.9. The van der Waals surface area contributed by atoms with E-state index >= 15 is 0 Å². The average Bonchev–Trinajstić information content (AvgIpc) is 2.59. The first-order valence-electron chi connectivity index (χ1n) is 5.34. The van der Waals surface area contributed by atoms with E-state index in [1.54, 1.807) is 13.2 Å². The number of hydrogen-bond acceptors (Lipinski definition) is 4. The predicted octanol–water partition coefficient (Wildman–Crippen LogP) is 1.87. The predicted molar refractivity (Wildman–Crippen MR) is 69.5 cm³/mol. The fraction of sp³-hybridized carbons (Fsp3) is 0.455. The normalized spacial score (nSPS) is 28.4. The minimum atomic E-state index is -0.0730. The van der Waals surface area contributed by atoms with Crippen LogP contribution in [0, 0.1) is 0 Å². The molecular weight excluding hydrogens is 261 g/mol. The standard InChI is InChI=1S/C11H15Cl2N3O/c1-5-9(14)10(16-15-5)7-3-6(12)4-8(13)11(7)17-2/h3-5,9-10,15-16H,14H2,1-2H3. The molecule has 0 bridgehead atoms. The smallest absolute Gasteiger partial charge is 0.142 e. The van der Waals surface area contributed by atoms with Crippen LogP contribution in [0.25, 0.3) is 0 Å². The van der Waals surface area contributed by atoms with Gasteiger partial charge in [0.1, 0.15) is 5.75 Å². The molecule has 1 heterocycles. The van der Waals surface area contributed by atoms with E-state index in [0.717, 1.165) is 5.56 Å². The minimum Gasteiger partial charge on any atom is -0.495 e. The van der Waals surface area contributed by atoms with E-state index in [1.165, 1.54) is 0 Å². The molecule has 0 spiro atoms. The maximum Gasteiger partial charge on any atom is 0.142 e. The van der Waals surface area contributed by atoms with E-state index in [0.29, 0.717) is 15.8 Å². The molecule has 1 aromatic carbocycles. The molecule has 1 aliphatic heterocycles. The molecule has 0 amide bonds. The van der Waals surface area contributed by atoms with Crippen LogP contribution >= 0.6 is 23.2 Å². The molecule has 0 radical (unpaired) electrons. The zero-order chi connectivity index (χ0) is 12.6. The molecule has 94 valence electrons. The summed E-state index contributed by atoms with van der Waals surface area (Å²) in [5.74, 6) is 0.611. The van der Waals surface area contributed by atoms with Crippen molar-refractivity contribution in [2.45, 2.75) is 25.0 Å². The summed E-state index contributed by atoms with van der Waals surface area (Å²) in [4.78, 5) is 0. The maximum atomic E-state index is 6.11. The van der Waals surface area contributed by atoms with Gasteiger partial charge in [-0.1, -0.05) is 23.2 Å². The number of nitrogens with one attached hydrogen (secondary N) is 2. The molecule has 17 heavy (non-hydrogen) atoms. The number of hydrazine groups is 1. The van der Waals surface area contributed by atoms with Gasteiger partial charge in [-0.3, -0.25) is 5.43 Å². The SMILES string of the molecule is COc1c(Cl)cc(Cl)cc1C1NNC(C)C1N. The average molecular weight is 276 g/mol. The van der Waals surface area contributed by atoms with Crippen LogP contribution < -0.4 is 21.3 Å². The van der Waals surface area contributed by atoms with Gasteiger partial charge in [-0.2, -0.15) is 0 Å². The molecule has 6 heteroatoms. The van der Waals surface area contributed by atoms with Gasteiger partial charge in [0.05, 0.1) is 18.2 Å². The van der Waals surface area contributed by atoms with Crippen LogP contribution in [0.5, 0.6) is 5.75 Å². The zero-order valence-corrected chi connectivity index (χ0v) is 11.1. The Morgan fingerprint density at radius 1 is 1.29 bits per heavy atom. The van der Waals surface area contributed by atoms with Gasteiger partial charge in [-0.05, 0) is 19.1 Å². The van der Waals surface area contributed by atoms with Crippen molar-refractivity contribution < 1.29 is 4.74 Å². The molecule has 1 saturated heterocycles. The van der Waals surface area contributed by atoms with Crippen molar-refractivity contribution in [1.29, 1.82) is 0 Å². The van der Waals surface area contributed by atoms with E-state index in [-0.39, 0.29) is 18.1 Å². The summed E-state index contributed by atoms with van der Waals surface area (Å²) in [7, 11) is 1.58. The number of benzene rings is 1. The number of halogens is 2. The van der Waals surface area contributed by atoms with E-state index in [1.807, 2.05) is 13.0 Å². The number of nitrogens with two attached hydrogens (primary N) is 1. The second kappa shape index (κ2) is 5.00. The van der Waals surface area contributed by atoms with Crippen LogP contribution in [0.2, 0.25) is 10.0 Å². The topological polar surface area (TPSA) is 59.3 Å². The summed E-state index contributed by atoms with van der Waals surface area (Å²) in [5, 5.41) is 1.06. The molecule has 0 aliphatic carbocycles. The van der Waals surface area contributed by atoms with Gasteiger partial charge in [0.2, 0.25) is 0 Å². The molecule has 0 saturated carbocycles. The van der Waals surface area contributed by atoms with Gasteiger partial charge < -0.3 is 10.5 Å². The molecule has 1 aliphatic rings. The van der Waals surface area contributed by atoms with Crippen LogP contribution in [0.1, 0.15) is 18.5 Å². The fourth-order valence-electron chi connectivity index (χ4n) is 2.01. The van der Waals surface area contributed by atoms with Gasteiger partial charge in [-0.15, -0.1) is 0 Å². The second-order valence-electron chi connectivity index (χ2n) is 4.14. The highest BCUT2D eigenvalue weighted by Gasteiger charge is 2.33. The molecule has 1 aromatic rings. The Morgan fingerprint density at radius 3 is 2.53 bits per heavy atom. The molecule has 3 unspecified atom stereocenters. The van der Waals surface area contributed by atoms with Gasteiger partial charge in [0.15, 0.2) is 0 Å². The van der Waals surface area contributed by atoms with Crippen LogP contribution in [-0.4, -0.2) is 19.2 Å². The minimum absolute atomic E-state index is 0.0709. The number of ether oxygens (including phenoxy) is 1. The Bertz CT molecular complexity index is 427. The lowest BCUT2D eigenvalue weighted by atomic mass is 9.97. The van der Waals surface area contributed by atoms with Crippen molar-refractivity contribution in [3.63, 3.8) is 0 Å². The molecule has 1 fully saturated rings. The second-order valence-corrected chi connectivity index (χ2v) is 4.99. The fourth-order valence-corrected chi connectivity index (χ4v) is 2.60. The molecule has 0 aromatic heterocycles. The molecule has 2 rings (SSSR count). The van der Waals surface area contributed by atoms with Crippen LogP contribution in [-0.2, 0) is 0 Å². The largest absolute Gasteiger partial charge is 0.495 e. The highest BCUT2D eigenvalue weighted by Crippen LogP contribution is 2.37. The molecule has 4 N–H and O–H groups in total. The highest BCUT2D eigenvalue weighted by molar-refractivity contribution is 6.35. The maximum absolute atomic E-state index is 6.11. The van der Waals surface area contributed by atoms with Crippen molar-refractivity contribution in [1.82, 2.24) is 10.9 Å². The summed E-state index contributed by atoms with van der Waals surface area (Å²) in [5.41, 5.74) is 13.2. The van der Waals surface area contributed by atoms with E-state index in [4.69, 9.17) is 33.7 Å². The lowest BCUT2D eigenvalue weighted by Crippen LogP contribution is -2.35. The Morgan fingerprint density at radius 2 is 2.00 bits per heavy atom. The summed E-state index contributed by atoms with van der Waals surface area (Å²) < 4.78 is 5.31. The number of rotatable bonds is 2. The van der Waals surface area contributed by atoms with Gasteiger partial charge >= 0.3 is 0 Å². The van der Waals surface area contributed by atoms with Crippen molar-refractivity contribution >= 4 is 23.2 Å². The third-order valence-electron chi connectivity index (χ3n) is 3.01. The van der Waals surface area contributed by atoms with Crippen molar-refractivity contribution in [3.05, 3.63) is 27.7 Å². The van der Waals surface area contributed by atoms with E-state index in [9.17, 15) is 0 Å². The van der Waals surface area contributed by atoms with Crippen molar-refractivity contribution in [2.24, 2.45) is 5.73 Å².